The van der Waals surface area contributed by atoms with E-state index in [-0.39, 0.29) is 6.61 Å². The molecule has 0 saturated carbocycles. The van der Waals surface area contributed by atoms with Gasteiger partial charge in [0.15, 0.2) is 8.68 Å². The Labute approximate surface area is 134 Å². The number of rotatable bonds is 4. The summed E-state index contributed by atoms with van der Waals surface area (Å²) in [5.41, 5.74) is 1.95. The molecule has 1 aromatic carbocycles. The van der Waals surface area contributed by atoms with Crippen molar-refractivity contribution in [2.75, 3.05) is 6.61 Å². The second-order valence-electron chi connectivity index (χ2n) is 4.17. The molecule has 1 N–H and O–H groups in total. The molecule has 0 atom stereocenters. The molecule has 0 saturated heterocycles. The first kappa shape index (κ1) is 14.3. The minimum atomic E-state index is 0.164. The fraction of sp³-hybridized carbons (Fsp3) is 0.231. The number of aliphatic hydroxyl groups is 1. The van der Waals surface area contributed by atoms with Gasteiger partial charge < -0.3 is 5.11 Å². The number of aryl methyl sites for hydroxylation is 1. The van der Waals surface area contributed by atoms with E-state index in [9.17, 15) is 0 Å². The van der Waals surface area contributed by atoms with Crippen LogP contribution in [0.4, 0.5) is 0 Å². The van der Waals surface area contributed by atoms with E-state index in [4.69, 9.17) is 5.11 Å². The Hall–Kier alpha value is -0.600. The van der Waals surface area contributed by atoms with Gasteiger partial charge in [-0.2, -0.15) is 0 Å². The van der Waals surface area contributed by atoms with Crippen molar-refractivity contribution in [1.82, 2.24) is 9.97 Å². The highest BCUT2D eigenvalue weighted by atomic mass is 32.2. The Morgan fingerprint density at radius 1 is 1.25 bits per heavy atom. The third-order valence-electron chi connectivity index (χ3n) is 2.76. The van der Waals surface area contributed by atoms with Crippen LogP contribution in [-0.4, -0.2) is 21.7 Å². The number of benzene rings is 1. The third kappa shape index (κ3) is 2.87. The molecule has 0 spiro atoms. The second kappa shape index (κ2) is 6.03. The molecule has 2 heterocycles. The van der Waals surface area contributed by atoms with Gasteiger partial charge in [0.25, 0.3) is 0 Å². The number of hydrogen-bond donors (Lipinski definition) is 2. The van der Waals surface area contributed by atoms with Crippen LogP contribution in [0.3, 0.4) is 0 Å². The van der Waals surface area contributed by atoms with Gasteiger partial charge in [0.2, 0.25) is 0 Å². The van der Waals surface area contributed by atoms with E-state index >= 15 is 0 Å². The molecule has 0 aliphatic rings. The van der Waals surface area contributed by atoms with Crippen LogP contribution < -0.4 is 0 Å². The summed E-state index contributed by atoms with van der Waals surface area (Å²) in [6, 6.07) is 6.00. The van der Waals surface area contributed by atoms with Crippen LogP contribution in [-0.2, 0) is 6.42 Å². The van der Waals surface area contributed by atoms with Gasteiger partial charge in [-0.15, -0.1) is 35.3 Å². The molecule has 0 bridgehead atoms. The molecule has 0 aliphatic carbocycles. The van der Waals surface area contributed by atoms with Crippen LogP contribution in [0.1, 0.15) is 10.6 Å². The molecule has 0 aliphatic heterocycles. The highest BCUT2D eigenvalue weighted by molar-refractivity contribution is 8.02. The molecule has 7 heteroatoms. The first-order chi connectivity index (χ1) is 9.67. The molecule has 2 aromatic heterocycles. The molecule has 0 radical (unpaired) electrons. The zero-order valence-electron chi connectivity index (χ0n) is 10.7. The Bertz CT molecular complexity index is 750. The van der Waals surface area contributed by atoms with Crippen molar-refractivity contribution in [3.63, 3.8) is 0 Å². The molecule has 3 nitrogen and oxygen atoms in total. The molecule has 104 valence electrons. The van der Waals surface area contributed by atoms with Crippen LogP contribution in [0.5, 0.6) is 0 Å². The number of nitrogens with zero attached hydrogens (tertiary/aromatic N) is 2. The van der Waals surface area contributed by atoms with Crippen molar-refractivity contribution in [3.8, 4) is 0 Å². The molecule has 3 aromatic rings. The van der Waals surface area contributed by atoms with Crippen LogP contribution in [0.2, 0.25) is 0 Å². The second-order valence-corrected chi connectivity index (χ2v) is 8.26. The fourth-order valence-electron chi connectivity index (χ4n) is 1.81. The smallest absolute Gasteiger partial charge is 0.158 e. The number of aromatic nitrogens is 2. The predicted octanol–water partition coefficient (Wildman–Crippen LogP) is 4.04. The number of thiol groups is 1. The van der Waals surface area contributed by atoms with Crippen LogP contribution in [0, 0.1) is 6.92 Å². The van der Waals surface area contributed by atoms with Crippen molar-refractivity contribution in [3.05, 3.63) is 28.8 Å². The van der Waals surface area contributed by atoms with E-state index in [2.05, 4.69) is 28.7 Å². The van der Waals surface area contributed by atoms with E-state index in [1.54, 1.807) is 34.4 Å². The van der Waals surface area contributed by atoms with Crippen molar-refractivity contribution in [1.29, 1.82) is 0 Å². The molecule has 20 heavy (non-hydrogen) atoms. The average molecular weight is 341 g/mol. The van der Waals surface area contributed by atoms with Crippen LogP contribution >= 0.6 is 47.1 Å². The van der Waals surface area contributed by atoms with Gasteiger partial charge in [0.1, 0.15) is 0 Å². The third-order valence-corrected chi connectivity index (χ3v) is 6.48. The highest BCUT2D eigenvalue weighted by Crippen LogP contribution is 2.38. The van der Waals surface area contributed by atoms with E-state index in [0.717, 1.165) is 34.4 Å². The van der Waals surface area contributed by atoms with Crippen molar-refractivity contribution in [2.24, 2.45) is 0 Å². The van der Waals surface area contributed by atoms with Crippen molar-refractivity contribution in [2.45, 2.75) is 26.9 Å². The summed E-state index contributed by atoms with van der Waals surface area (Å²) in [5, 5.41) is 9.02. The topological polar surface area (TPSA) is 46.0 Å². The Kier molecular flexibility index (Phi) is 4.32. The lowest BCUT2D eigenvalue weighted by atomic mass is 10.3. The van der Waals surface area contributed by atoms with Gasteiger partial charge in [-0.3, -0.25) is 0 Å². The zero-order chi connectivity index (χ0) is 14.1. The molecular weight excluding hydrogens is 328 g/mol. The summed E-state index contributed by atoms with van der Waals surface area (Å²) >= 11 is 9.30. The van der Waals surface area contributed by atoms with E-state index < -0.39 is 0 Å². The maximum Gasteiger partial charge on any atom is 0.158 e. The molecular formula is C13H12N2OS4. The largest absolute Gasteiger partial charge is 0.396 e. The summed E-state index contributed by atoms with van der Waals surface area (Å²) in [7, 11) is 0. The van der Waals surface area contributed by atoms with Crippen molar-refractivity contribution >= 4 is 57.3 Å². The van der Waals surface area contributed by atoms with Gasteiger partial charge in [-0.05, 0) is 30.8 Å². The van der Waals surface area contributed by atoms with Gasteiger partial charge in [0.05, 0.1) is 15.9 Å². The quantitative estimate of drug-likeness (QED) is 0.704. The lowest BCUT2D eigenvalue weighted by molar-refractivity contribution is 0.300. The van der Waals surface area contributed by atoms with E-state index in [1.807, 2.05) is 19.1 Å². The lowest BCUT2D eigenvalue weighted by Gasteiger charge is -1.90. The number of hydrogen-bond acceptors (Lipinski definition) is 7. The SMILES string of the molecule is Cc1nc(Sc2nc3c(S)cccc3s2)sc1CCO. The summed E-state index contributed by atoms with van der Waals surface area (Å²) in [4.78, 5) is 11.2. The zero-order valence-corrected chi connectivity index (χ0v) is 14.0. The summed E-state index contributed by atoms with van der Waals surface area (Å²) in [6.45, 7) is 2.15. The number of aliphatic hydroxyl groups excluding tert-OH is 1. The minimum absolute atomic E-state index is 0.164. The Balaban J connectivity index is 1.89. The van der Waals surface area contributed by atoms with Gasteiger partial charge >= 0.3 is 0 Å². The summed E-state index contributed by atoms with van der Waals surface area (Å²) in [6.07, 6.45) is 0.671. The Morgan fingerprint density at radius 3 is 2.80 bits per heavy atom. The first-order valence-electron chi connectivity index (χ1n) is 6.01. The first-order valence-corrected chi connectivity index (χ1v) is 8.90. The van der Waals surface area contributed by atoms with Crippen LogP contribution in [0.25, 0.3) is 10.2 Å². The standard InChI is InChI=1S/C13H12N2OS4/c1-7-9(5-6-16)18-12(14-7)20-13-15-11-8(17)3-2-4-10(11)19-13/h2-4,16-17H,5-6H2,1H3. The van der Waals surface area contributed by atoms with Gasteiger partial charge in [0, 0.05) is 22.8 Å². The maximum absolute atomic E-state index is 9.02. The Morgan fingerprint density at radius 2 is 2.05 bits per heavy atom. The predicted molar refractivity (Wildman–Crippen MR) is 88.6 cm³/mol. The lowest BCUT2D eigenvalue weighted by Crippen LogP contribution is -1.88. The van der Waals surface area contributed by atoms with E-state index in [1.165, 1.54) is 0 Å². The van der Waals surface area contributed by atoms with Crippen LogP contribution in [0.15, 0.2) is 31.8 Å². The van der Waals surface area contributed by atoms with Gasteiger partial charge in [-0.1, -0.05) is 6.07 Å². The number of para-hydroxylation sites is 1. The summed E-state index contributed by atoms with van der Waals surface area (Å²) < 4.78 is 3.10. The molecule has 0 unspecified atom stereocenters. The number of fused-ring (bicyclic) bond motifs is 1. The van der Waals surface area contributed by atoms with Gasteiger partial charge in [-0.25, -0.2) is 9.97 Å². The maximum atomic E-state index is 9.02. The van der Waals surface area contributed by atoms with E-state index in [0.29, 0.717) is 6.42 Å². The average Bonchev–Trinajstić information content (AvgIpc) is 2.95. The molecule has 0 amide bonds. The molecule has 3 rings (SSSR count). The highest BCUT2D eigenvalue weighted by Gasteiger charge is 2.12. The minimum Gasteiger partial charge on any atom is -0.396 e. The monoisotopic (exact) mass is 340 g/mol. The number of thiazole rings is 2. The normalized spacial score (nSPS) is 11.3. The molecule has 0 fully saturated rings. The van der Waals surface area contributed by atoms with Crippen molar-refractivity contribution < 1.29 is 5.11 Å². The fourth-order valence-corrected chi connectivity index (χ4v) is 5.65. The summed E-state index contributed by atoms with van der Waals surface area (Å²) in [5.74, 6) is 0.